The minimum Gasteiger partial charge on any atom is -0.479 e. The van der Waals surface area contributed by atoms with Crippen LogP contribution in [0.5, 0.6) is 5.75 Å². The summed E-state index contributed by atoms with van der Waals surface area (Å²) in [5.74, 6) is 0.501. The smallest absolute Gasteiger partial charge is 0.246 e. The summed E-state index contributed by atoms with van der Waals surface area (Å²) < 4.78 is 5.28. The quantitative estimate of drug-likeness (QED) is 0.720. The Hall–Kier alpha value is -3.59. The van der Waals surface area contributed by atoms with E-state index in [0.717, 1.165) is 11.1 Å². The van der Waals surface area contributed by atoms with E-state index in [-0.39, 0.29) is 24.3 Å². The van der Waals surface area contributed by atoms with Crippen molar-refractivity contribution in [2.45, 2.75) is 19.4 Å². The number of amides is 2. The van der Waals surface area contributed by atoms with Crippen LogP contribution in [0.25, 0.3) is 6.08 Å². The minimum absolute atomic E-state index is 0.00488. The number of nitriles is 1. The van der Waals surface area contributed by atoms with Crippen LogP contribution in [0.3, 0.4) is 0 Å². The molecule has 0 radical (unpaired) electrons. The zero-order valence-electron chi connectivity index (χ0n) is 16.8. The molecule has 2 aromatic rings. The van der Waals surface area contributed by atoms with Crippen molar-refractivity contribution >= 4 is 17.9 Å². The van der Waals surface area contributed by atoms with Gasteiger partial charge in [-0.1, -0.05) is 42.5 Å². The average molecular weight is 403 g/mol. The number of piperidine rings is 1. The van der Waals surface area contributed by atoms with Gasteiger partial charge in [-0.3, -0.25) is 9.59 Å². The molecule has 0 bridgehead atoms. The standard InChI is InChI=1S/C24H25N3O3/c25-13-16-30-22-8-4-7-20(17-22)18-26-24(29)21-11-14-27(15-12-21)23(28)10-9-19-5-2-1-3-6-19/h1-10,17,21H,11-12,14-16,18H2,(H,26,29)/b10-9+. The van der Waals surface area contributed by atoms with Crippen molar-refractivity contribution in [2.75, 3.05) is 19.7 Å². The number of nitrogens with zero attached hydrogens (tertiary/aromatic N) is 2. The van der Waals surface area contributed by atoms with Crippen LogP contribution in [-0.2, 0) is 16.1 Å². The zero-order valence-corrected chi connectivity index (χ0v) is 16.8. The summed E-state index contributed by atoms with van der Waals surface area (Å²) in [6, 6.07) is 19.0. The molecule has 2 aromatic carbocycles. The highest BCUT2D eigenvalue weighted by atomic mass is 16.5. The van der Waals surface area contributed by atoms with Crippen molar-refractivity contribution < 1.29 is 14.3 Å². The van der Waals surface area contributed by atoms with Gasteiger partial charge in [0.05, 0.1) is 0 Å². The second-order valence-electron chi connectivity index (χ2n) is 7.16. The maximum absolute atomic E-state index is 12.5. The molecule has 0 spiro atoms. The van der Waals surface area contributed by atoms with E-state index in [0.29, 0.717) is 38.2 Å². The highest BCUT2D eigenvalue weighted by molar-refractivity contribution is 5.92. The normalized spacial score (nSPS) is 14.3. The third kappa shape index (κ3) is 6.21. The Morgan fingerprint density at radius 2 is 1.90 bits per heavy atom. The van der Waals surface area contributed by atoms with Crippen LogP contribution in [0.1, 0.15) is 24.0 Å². The second kappa shape index (κ2) is 10.8. The Labute approximate surface area is 176 Å². The number of carbonyl (C=O) groups is 2. The van der Waals surface area contributed by atoms with Crippen LogP contribution in [-0.4, -0.2) is 36.4 Å². The summed E-state index contributed by atoms with van der Waals surface area (Å²) in [7, 11) is 0. The van der Waals surface area contributed by atoms with E-state index < -0.39 is 0 Å². The van der Waals surface area contributed by atoms with E-state index in [4.69, 9.17) is 10.00 Å². The average Bonchev–Trinajstić information content (AvgIpc) is 2.80. The molecule has 1 saturated heterocycles. The van der Waals surface area contributed by atoms with E-state index in [9.17, 15) is 9.59 Å². The molecule has 0 saturated carbocycles. The predicted molar refractivity (Wildman–Crippen MR) is 114 cm³/mol. The summed E-state index contributed by atoms with van der Waals surface area (Å²) >= 11 is 0. The van der Waals surface area contributed by atoms with Gasteiger partial charge in [0.25, 0.3) is 0 Å². The number of hydrogen-bond donors (Lipinski definition) is 1. The molecule has 1 aliphatic heterocycles. The predicted octanol–water partition coefficient (Wildman–Crippen LogP) is 3.16. The molecule has 6 heteroatoms. The van der Waals surface area contributed by atoms with Crippen molar-refractivity contribution in [2.24, 2.45) is 5.92 Å². The number of likely N-dealkylation sites (tertiary alicyclic amines) is 1. The zero-order chi connectivity index (χ0) is 21.2. The second-order valence-corrected chi connectivity index (χ2v) is 7.16. The van der Waals surface area contributed by atoms with Crippen molar-refractivity contribution in [3.8, 4) is 11.8 Å². The van der Waals surface area contributed by atoms with Gasteiger partial charge >= 0.3 is 0 Å². The number of rotatable bonds is 7. The minimum atomic E-state index is -0.0924. The Balaban J connectivity index is 1.43. The lowest BCUT2D eigenvalue weighted by Gasteiger charge is -2.30. The number of ether oxygens (including phenoxy) is 1. The molecule has 154 valence electrons. The molecule has 1 fully saturated rings. The number of nitrogens with one attached hydrogen (secondary N) is 1. The Morgan fingerprint density at radius 3 is 2.63 bits per heavy atom. The molecule has 1 heterocycles. The third-order valence-corrected chi connectivity index (χ3v) is 5.06. The van der Waals surface area contributed by atoms with Gasteiger partial charge < -0.3 is 15.0 Å². The van der Waals surface area contributed by atoms with Crippen molar-refractivity contribution in [3.05, 3.63) is 71.8 Å². The highest BCUT2D eigenvalue weighted by Gasteiger charge is 2.26. The number of carbonyl (C=O) groups excluding carboxylic acids is 2. The largest absolute Gasteiger partial charge is 0.479 e. The van der Waals surface area contributed by atoms with Crippen molar-refractivity contribution in [1.29, 1.82) is 5.26 Å². The molecular weight excluding hydrogens is 378 g/mol. The van der Waals surface area contributed by atoms with Crippen LogP contribution in [0.15, 0.2) is 60.7 Å². The maximum Gasteiger partial charge on any atom is 0.246 e. The van der Waals surface area contributed by atoms with E-state index >= 15 is 0 Å². The van der Waals surface area contributed by atoms with Gasteiger partial charge in [-0.25, -0.2) is 0 Å². The summed E-state index contributed by atoms with van der Waals surface area (Å²) in [5, 5.41) is 11.6. The molecule has 2 amide bonds. The molecule has 1 aliphatic rings. The van der Waals surface area contributed by atoms with E-state index in [1.165, 1.54) is 0 Å². The third-order valence-electron chi connectivity index (χ3n) is 5.06. The van der Waals surface area contributed by atoms with Gasteiger partial charge in [-0.2, -0.15) is 5.26 Å². The first-order valence-corrected chi connectivity index (χ1v) is 10.0. The van der Waals surface area contributed by atoms with Gasteiger partial charge in [0.15, 0.2) is 6.61 Å². The fraction of sp³-hybridized carbons (Fsp3) is 0.292. The highest BCUT2D eigenvalue weighted by Crippen LogP contribution is 2.19. The van der Waals surface area contributed by atoms with Crippen LogP contribution in [0.2, 0.25) is 0 Å². The van der Waals surface area contributed by atoms with E-state index in [1.807, 2.05) is 60.7 Å². The Kier molecular flexibility index (Phi) is 7.62. The Morgan fingerprint density at radius 1 is 1.13 bits per heavy atom. The molecule has 0 aliphatic carbocycles. The summed E-state index contributed by atoms with van der Waals surface area (Å²) in [5.41, 5.74) is 1.90. The lowest BCUT2D eigenvalue weighted by Crippen LogP contribution is -2.42. The molecule has 30 heavy (non-hydrogen) atoms. The van der Waals surface area contributed by atoms with Gasteiger partial charge in [-0.15, -0.1) is 0 Å². The lowest BCUT2D eigenvalue weighted by atomic mass is 9.95. The van der Waals surface area contributed by atoms with Crippen molar-refractivity contribution in [3.63, 3.8) is 0 Å². The first-order valence-electron chi connectivity index (χ1n) is 10.0. The Bertz CT molecular complexity index is 926. The molecule has 6 nitrogen and oxygen atoms in total. The molecule has 0 unspecified atom stereocenters. The van der Waals surface area contributed by atoms with Gasteiger partial charge in [0.2, 0.25) is 11.8 Å². The molecule has 0 aromatic heterocycles. The summed E-state index contributed by atoms with van der Waals surface area (Å²) in [6.07, 6.45) is 4.72. The lowest BCUT2D eigenvalue weighted by molar-refractivity contribution is -0.132. The molecule has 1 N–H and O–H groups in total. The molecule has 3 rings (SSSR count). The molecule has 0 atom stereocenters. The fourth-order valence-electron chi connectivity index (χ4n) is 3.39. The maximum atomic E-state index is 12.5. The fourth-order valence-corrected chi connectivity index (χ4v) is 3.39. The SMILES string of the molecule is N#CCOc1cccc(CNC(=O)C2CCN(C(=O)/C=C/c3ccccc3)CC2)c1. The molecular formula is C24H25N3O3. The summed E-state index contributed by atoms with van der Waals surface area (Å²) in [6.45, 7) is 1.55. The first-order chi connectivity index (χ1) is 14.7. The van der Waals surface area contributed by atoms with E-state index in [2.05, 4.69) is 5.32 Å². The van der Waals surface area contributed by atoms with Gasteiger partial charge in [-0.05, 0) is 42.2 Å². The monoisotopic (exact) mass is 403 g/mol. The summed E-state index contributed by atoms with van der Waals surface area (Å²) in [4.78, 5) is 26.7. The van der Waals surface area contributed by atoms with Gasteiger partial charge in [0.1, 0.15) is 11.8 Å². The van der Waals surface area contributed by atoms with Gasteiger partial charge in [0, 0.05) is 31.6 Å². The van der Waals surface area contributed by atoms with Crippen LogP contribution < -0.4 is 10.1 Å². The topological polar surface area (TPSA) is 82.4 Å². The van der Waals surface area contributed by atoms with E-state index in [1.54, 1.807) is 17.0 Å². The van der Waals surface area contributed by atoms with Crippen LogP contribution in [0.4, 0.5) is 0 Å². The van der Waals surface area contributed by atoms with Crippen LogP contribution in [0, 0.1) is 17.2 Å². The van der Waals surface area contributed by atoms with Crippen LogP contribution >= 0.6 is 0 Å². The van der Waals surface area contributed by atoms with Crippen molar-refractivity contribution in [1.82, 2.24) is 10.2 Å². The number of benzene rings is 2. The number of hydrogen-bond acceptors (Lipinski definition) is 4. The first kappa shape index (κ1) is 21.1.